The zero-order valence-corrected chi connectivity index (χ0v) is 4.30. The van der Waals surface area contributed by atoms with Crippen LogP contribution in [0.2, 0.25) is 0 Å². The molecule has 0 atom stereocenters. The predicted molar refractivity (Wildman–Crippen MR) is 13.3 cm³/mol. The van der Waals surface area contributed by atoms with Crippen molar-refractivity contribution in [1.82, 2.24) is 0 Å². The molecule has 0 rings (SSSR count). The normalized spacial score (nSPS) is 3.00. The van der Waals surface area contributed by atoms with Crippen molar-refractivity contribution in [3.05, 3.63) is 4.91 Å². The fraction of sp³-hybridized carbons (Fsp3) is 0. The molecule has 0 amide bonds. The fourth-order valence-corrected chi connectivity index (χ4v) is 0. The van der Waals surface area contributed by atoms with Gasteiger partial charge in [-0.3, -0.25) is 0 Å². The second-order valence-electron chi connectivity index (χ2n) is 0.0816. The van der Waals surface area contributed by atoms with Gasteiger partial charge in [0.15, 0.2) is 5.34 Å². The summed E-state index contributed by atoms with van der Waals surface area (Å²) in [5.41, 5.74) is 0. The Bertz CT molecular complexity index is 13.5. The average Bonchev–Trinajstić information content (AvgIpc) is 0.918. The summed E-state index contributed by atoms with van der Waals surface area (Å²) in [4.78, 5) is 8.11. The second-order valence-corrected chi connectivity index (χ2v) is 0.0816. The van der Waals surface area contributed by atoms with Crippen LogP contribution < -0.4 is 0 Å². The molecule has 0 aromatic heterocycles. The van der Waals surface area contributed by atoms with E-state index in [2.05, 4.69) is 0 Å². The molecule has 3 nitrogen and oxygen atoms in total. The van der Waals surface area contributed by atoms with Gasteiger partial charge in [0.05, 0.1) is 0 Å². The molecule has 0 bridgehead atoms. The van der Waals surface area contributed by atoms with E-state index in [1.54, 1.807) is 0 Å². The first kappa shape index (κ1) is 8.88. The van der Waals surface area contributed by atoms with Crippen LogP contribution in [0.15, 0.2) is 5.34 Å². The van der Waals surface area contributed by atoms with Crippen LogP contribution in [0, 0.1) is 4.91 Å². The van der Waals surface area contributed by atoms with Crippen LogP contribution in [-0.2, 0) is 0 Å². The predicted octanol–water partition coefficient (Wildman–Crippen LogP) is -0.239. The summed E-state index contributed by atoms with van der Waals surface area (Å²) >= 11 is 0. The number of hydrogen-bond acceptors (Lipinski definition) is 2. The van der Waals surface area contributed by atoms with Crippen LogP contribution in [0.1, 0.15) is 0 Å². The van der Waals surface area contributed by atoms with E-state index < -0.39 is 0 Å². The topological polar surface area (TPSA) is 49.7 Å². The quantitative estimate of drug-likeness (QED) is 0.309. The Hall–Kier alpha value is 0.218. The van der Waals surface area contributed by atoms with E-state index in [9.17, 15) is 0 Å². The molecule has 0 heterocycles. The summed E-state index contributed by atoms with van der Waals surface area (Å²) in [7, 11) is 0. The van der Waals surface area contributed by atoms with Gasteiger partial charge >= 0.3 is 0 Å². The molecule has 3 radical (unpaired) electrons. The Balaban J connectivity index is 0. The molecule has 0 aliphatic heterocycles. The van der Waals surface area contributed by atoms with Crippen molar-refractivity contribution < 1.29 is 5.21 Å². The van der Waals surface area contributed by atoms with Crippen molar-refractivity contribution in [3.8, 4) is 0 Å². The van der Waals surface area contributed by atoms with Crippen LogP contribution in [0.4, 0.5) is 0 Å². The zero-order chi connectivity index (χ0) is 2.71. The van der Waals surface area contributed by atoms with Gasteiger partial charge in [-0.1, -0.05) is 0 Å². The van der Waals surface area contributed by atoms with Gasteiger partial charge in [-0.05, 0) is 0 Å². The van der Waals surface area contributed by atoms with Gasteiger partial charge in [0.2, 0.25) is 0 Å². The van der Waals surface area contributed by atoms with Gasteiger partial charge in [-0.15, -0.1) is 4.91 Å². The minimum Gasteiger partial charge on any atom is -0.379 e. The van der Waals surface area contributed by atoms with Gasteiger partial charge < -0.3 is 5.21 Å². The molecule has 4 heteroatoms. The number of hydrogen-bond donors (Lipinski definition) is 1. The summed E-state index contributed by atoms with van der Waals surface area (Å²) in [5.74, 6) is 0. The van der Waals surface area contributed by atoms with E-state index in [-0.39, 0.29) is 24.4 Å². The first-order chi connectivity index (χ1) is 1.41. The molecule has 0 spiro atoms. The van der Waals surface area contributed by atoms with Crippen molar-refractivity contribution in [1.29, 1.82) is 0 Å². The van der Waals surface area contributed by atoms with Crippen molar-refractivity contribution in [2.45, 2.75) is 0 Å². The first-order valence-corrected chi connectivity index (χ1v) is 0.383. The largest absolute Gasteiger partial charge is 0.379 e. The van der Waals surface area contributed by atoms with Crippen LogP contribution in [0.25, 0.3) is 0 Å². The third-order valence-corrected chi connectivity index (χ3v) is 0. The first-order valence-electron chi connectivity index (χ1n) is 0.383. The number of nitrogens with zero attached hydrogens (tertiary/aromatic N) is 1. The standard InChI is InChI=1S/HNO2.Sb/c2-1-3;/h(H,2,3);. The monoisotopic (exact) mass is 168 g/mol. The van der Waals surface area contributed by atoms with Crippen molar-refractivity contribution in [2.24, 2.45) is 5.34 Å². The molecule has 0 saturated heterocycles. The zero-order valence-electron chi connectivity index (χ0n) is 1.75. The third kappa shape index (κ3) is 69.1. The maximum Gasteiger partial charge on any atom is 0.152 e. The van der Waals surface area contributed by atoms with E-state index in [4.69, 9.17) is 10.1 Å². The van der Waals surface area contributed by atoms with Gasteiger partial charge in [-0.25, -0.2) is 0 Å². The van der Waals surface area contributed by atoms with Crippen molar-refractivity contribution >= 4 is 24.4 Å². The summed E-state index contributed by atoms with van der Waals surface area (Å²) < 4.78 is 0. The van der Waals surface area contributed by atoms with Crippen molar-refractivity contribution in [3.63, 3.8) is 0 Å². The Morgan fingerprint density at radius 2 is 1.75 bits per heavy atom. The van der Waals surface area contributed by atoms with E-state index in [1.807, 2.05) is 0 Å². The minimum absolute atomic E-state index is 0. The molecule has 0 aliphatic rings. The maximum absolute atomic E-state index is 8.11. The molecule has 4 heavy (non-hydrogen) atoms. The molecule has 0 unspecified atom stereocenters. The molecule has 0 fully saturated rings. The van der Waals surface area contributed by atoms with Gasteiger partial charge in [-0.2, -0.15) is 0 Å². The molecule has 0 aliphatic carbocycles. The smallest absolute Gasteiger partial charge is 0.152 e. The van der Waals surface area contributed by atoms with E-state index in [0.29, 0.717) is 0 Å². The summed E-state index contributed by atoms with van der Waals surface area (Å²) in [6.07, 6.45) is 0. The van der Waals surface area contributed by atoms with Crippen LogP contribution >= 0.6 is 0 Å². The van der Waals surface area contributed by atoms with Gasteiger partial charge in [0.1, 0.15) is 0 Å². The summed E-state index contributed by atoms with van der Waals surface area (Å²) in [6.45, 7) is 0. The molecule has 0 aromatic carbocycles. The molecule has 0 saturated carbocycles. The van der Waals surface area contributed by atoms with Crippen LogP contribution in [-0.4, -0.2) is 29.6 Å². The number of rotatable bonds is 0. The van der Waals surface area contributed by atoms with E-state index >= 15 is 0 Å². The van der Waals surface area contributed by atoms with Crippen molar-refractivity contribution in [2.75, 3.05) is 0 Å². The van der Waals surface area contributed by atoms with Gasteiger partial charge in [0, 0.05) is 24.4 Å². The SMILES string of the molecule is O=NO.[Sb]. The second kappa shape index (κ2) is 10.7. The molecule has 0 aromatic rings. The Morgan fingerprint density at radius 1 is 1.75 bits per heavy atom. The van der Waals surface area contributed by atoms with E-state index in [1.165, 1.54) is 5.34 Å². The molecular weight excluding hydrogens is 168 g/mol. The summed E-state index contributed by atoms with van der Waals surface area (Å²) in [5, 5.41) is 7.89. The molecule has 1 N–H and O–H groups in total. The van der Waals surface area contributed by atoms with Crippen LogP contribution in [0.3, 0.4) is 0 Å². The summed E-state index contributed by atoms with van der Waals surface area (Å²) in [6, 6.07) is 0. The Morgan fingerprint density at radius 3 is 1.75 bits per heavy atom. The Kier molecular flexibility index (Phi) is 23.7. The fourth-order valence-electron chi connectivity index (χ4n) is 0. The van der Waals surface area contributed by atoms with E-state index in [0.717, 1.165) is 0 Å². The minimum atomic E-state index is 0. The molecular formula is HNO2Sb. The molecule has 23 valence electrons. The van der Waals surface area contributed by atoms with Crippen LogP contribution in [0.5, 0.6) is 0 Å². The maximum atomic E-state index is 8.11. The third-order valence-electron chi connectivity index (χ3n) is 0. The average molecular weight is 169 g/mol. The van der Waals surface area contributed by atoms with Gasteiger partial charge in [0.25, 0.3) is 0 Å². The Labute approximate surface area is 40.4 Å².